The van der Waals surface area contributed by atoms with E-state index in [1.165, 1.54) is 0 Å². The summed E-state index contributed by atoms with van der Waals surface area (Å²) >= 11 is 0. The van der Waals surface area contributed by atoms with Crippen LogP contribution in [0.25, 0.3) is 0 Å². The van der Waals surface area contributed by atoms with E-state index in [1.54, 1.807) is 6.20 Å². The fourth-order valence-electron chi connectivity index (χ4n) is 1.60. The molecule has 90 valence electrons. The number of nitrogens with zero attached hydrogens (tertiary/aromatic N) is 2. The predicted molar refractivity (Wildman–Crippen MR) is 67.3 cm³/mol. The van der Waals surface area contributed by atoms with E-state index in [0.29, 0.717) is 12.6 Å². The van der Waals surface area contributed by atoms with Crippen molar-refractivity contribution in [2.24, 2.45) is 11.1 Å². The quantitative estimate of drug-likeness (QED) is 0.817. The minimum Gasteiger partial charge on any atom is -0.365 e. The normalized spacial score (nSPS) is 13.6. The van der Waals surface area contributed by atoms with Gasteiger partial charge in [-0.3, -0.25) is 0 Å². The predicted octanol–water partition coefficient (Wildman–Crippen LogP) is 1.96. The standard InChI is InChI=1S/C12H22N4/c1-9-7-11(16-14-8-9)15-10(5-6-13)12(2,3)4/h7-8,10H,5-6,13H2,1-4H3,(H,15,16). The van der Waals surface area contributed by atoms with Gasteiger partial charge >= 0.3 is 0 Å². The maximum Gasteiger partial charge on any atom is 0.149 e. The molecule has 0 spiro atoms. The van der Waals surface area contributed by atoms with Crippen LogP contribution in [0.4, 0.5) is 5.82 Å². The molecule has 0 saturated heterocycles. The van der Waals surface area contributed by atoms with Gasteiger partial charge in [0.15, 0.2) is 0 Å². The van der Waals surface area contributed by atoms with Gasteiger partial charge in [-0.25, -0.2) is 0 Å². The van der Waals surface area contributed by atoms with Crippen molar-refractivity contribution in [2.75, 3.05) is 11.9 Å². The summed E-state index contributed by atoms with van der Waals surface area (Å²) in [4.78, 5) is 0. The van der Waals surface area contributed by atoms with Crippen molar-refractivity contribution >= 4 is 5.82 Å². The first kappa shape index (κ1) is 12.9. The maximum atomic E-state index is 5.63. The molecule has 0 saturated carbocycles. The molecule has 3 N–H and O–H groups in total. The summed E-state index contributed by atoms with van der Waals surface area (Å²) in [5.41, 5.74) is 6.90. The highest BCUT2D eigenvalue weighted by atomic mass is 15.2. The van der Waals surface area contributed by atoms with Gasteiger partial charge < -0.3 is 11.1 Å². The number of anilines is 1. The number of hydrogen-bond donors (Lipinski definition) is 2. The zero-order valence-corrected chi connectivity index (χ0v) is 10.6. The Kier molecular flexibility index (Phi) is 4.24. The molecule has 1 aromatic heterocycles. The lowest BCUT2D eigenvalue weighted by atomic mass is 9.85. The molecule has 0 aliphatic heterocycles. The van der Waals surface area contributed by atoms with Gasteiger partial charge in [-0.15, -0.1) is 5.10 Å². The second kappa shape index (κ2) is 5.25. The van der Waals surface area contributed by atoms with Crippen LogP contribution in [-0.4, -0.2) is 22.8 Å². The Morgan fingerprint density at radius 1 is 1.44 bits per heavy atom. The smallest absolute Gasteiger partial charge is 0.149 e. The molecular formula is C12H22N4. The number of rotatable bonds is 4. The average Bonchev–Trinajstić information content (AvgIpc) is 2.16. The molecular weight excluding hydrogens is 200 g/mol. The van der Waals surface area contributed by atoms with E-state index >= 15 is 0 Å². The topological polar surface area (TPSA) is 63.8 Å². The molecule has 0 bridgehead atoms. The Morgan fingerprint density at radius 2 is 2.12 bits per heavy atom. The molecule has 0 radical (unpaired) electrons. The van der Waals surface area contributed by atoms with Gasteiger partial charge in [0.2, 0.25) is 0 Å². The van der Waals surface area contributed by atoms with Crippen molar-refractivity contribution in [1.29, 1.82) is 0 Å². The molecule has 0 aliphatic carbocycles. The number of aromatic nitrogens is 2. The van der Waals surface area contributed by atoms with E-state index in [4.69, 9.17) is 5.73 Å². The zero-order valence-electron chi connectivity index (χ0n) is 10.6. The first-order valence-electron chi connectivity index (χ1n) is 5.69. The van der Waals surface area contributed by atoms with E-state index in [-0.39, 0.29) is 5.41 Å². The zero-order chi connectivity index (χ0) is 12.2. The van der Waals surface area contributed by atoms with E-state index in [9.17, 15) is 0 Å². The highest BCUT2D eigenvalue weighted by Gasteiger charge is 2.24. The Bertz CT molecular complexity index is 330. The maximum absolute atomic E-state index is 5.63. The van der Waals surface area contributed by atoms with Crippen molar-refractivity contribution in [3.05, 3.63) is 17.8 Å². The van der Waals surface area contributed by atoms with Gasteiger partial charge in [0.25, 0.3) is 0 Å². The Morgan fingerprint density at radius 3 is 2.62 bits per heavy atom. The molecule has 0 amide bonds. The van der Waals surface area contributed by atoms with Crippen LogP contribution in [0.15, 0.2) is 12.3 Å². The van der Waals surface area contributed by atoms with Crippen LogP contribution in [0.3, 0.4) is 0 Å². The number of hydrogen-bond acceptors (Lipinski definition) is 4. The molecule has 0 fully saturated rings. The largest absolute Gasteiger partial charge is 0.365 e. The molecule has 1 aromatic rings. The van der Waals surface area contributed by atoms with Gasteiger partial charge in [0.1, 0.15) is 5.82 Å². The lowest BCUT2D eigenvalue weighted by Gasteiger charge is -2.31. The first-order valence-corrected chi connectivity index (χ1v) is 5.69. The van der Waals surface area contributed by atoms with Crippen LogP contribution in [-0.2, 0) is 0 Å². The summed E-state index contributed by atoms with van der Waals surface area (Å²) in [5, 5.41) is 11.4. The summed E-state index contributed by atoms with van der Waals surface area (Å²) < 4.78 is 0. The van der Waals surface area contributed by atoms with Crippen LogP contribution in [0.2, 0.25) is 0 Å². The number of aryl methyl sites for hydroxylation is 1. The minimum atomic E-state index is 0.158. The van der Waals surface area contributed by atoms with Crippen LogP contribution in [0.5, 0.6) is 0 Å². The SMILES string of the molecule is Cc1cnnc(NC(CCN)C(C)(C)C)c1. The molecule has 0 aromatic carbocycles. The highest BCUT2D eigenvalue weighted by Crippen LogP contribution is 2.24. The highest BCUT2D eigenvalue weighted by molar-refractivity contribution is 5.36. The first-order chi connectivity index (χ1) is 7.43. The van der Waals surface area contributed by atoms with Crippen molar-refractivity contribution < 1.29 is 0 Å². The van der Waals surface area contributed by atoms with Crippen LogP contribution in [0, 0.1) is 12.3 Å². The summed E-state index contributed by atoms with van der Waals surface area (Å²) in [5.74, 6) is 0.827. The molecule has 4 nitrogen and oxygen atoms in total. The van der Waals surface area contributed by atoms with Gasteiger partial charge in [-0.2, -0.15) is 5.10 Å². The van der Waals surface area contributed by atoms with Crippen LogP contribution >= 0.6 is 0 Å². The molecule has 16 heavy (non-hydrogen) atoms. The van der Waals surface area contributed by atoms with E-state index < -0.39 is 0 Å². The summed E-state index contributed by atoms with van der Waals surface area (Å²) in [7, 11) is 0. The van der Waals surface area contributed by atoms with Crippen molar-refractivity contribution in [1.82, 2.24) is 10.2 Å². The summed E-state index contributed by atoms with van der Waals surface area (Å²) in [6.07, 6.45) is 2.68. The van der Waals surface area contributed by atoms with Gasteiger partial charge in [0.05, 0.1) is 6.20 Å². The van der Waals surface area contributed by atoms with E-state index in [0.717, 1.165) is 17.8 Å². The molecule has 1 heterocycles. The third-order valence-corrected chi connectivity index (χ3v) is 2.61. The van der Waals surface area contributed by atoms with Crippen molar-refractivity contribution in [2.45, 2.75) is 40.2 Å². The third-order valence-electron chi connectivity index (χ3n) is 2.61. The van der Waals surface area contributed by atoms with Crippen LogP contribution in [0.1, 0.15) is 32.8 Å². The molecule has 1 rings (SSSR count). The molecule has 0 aliphatic rings. The van der Waals surface area contributed by atoms with Crippen molar-refractivity contribution in [3.63, 3.8) is 0 Å². The van der Waals surface area contributed by atoms with Crippen LogP contribution < -0.4 is 11.1 Å². The summed E-state index contributed by atoms with van der Waals surface area (Å²) in [6.45, 7) is 9.28. The van der Waals surface area contributed by atoms with Gasteiger partial charge in [-0.05, 0) is 36.9 Å². The number of nitrogens with two attached hydrogens (primary N) is 1. The molecule has 1 atom stereocenters. The fraction of sp³-hybridized carbons (Fsp3) is 0.667. The lowest BCUT2D eigenvalue weighted by Crippen LogP contribution is -2.36. The van der Waals surface area contributed by atoms with Gasteiger partial charge in [-0.1, -0.05) is 20.8 Å². The number of nitrogens with one attached hydrogen (secondary N) is 1. The summed E-state index contributed by atoms with van der Waals surface area (Å²) in [6, 6.07) is 2.32. The monoisotopic (exact) mass is 222 g/mol. The Labute approximate surface area is 97.6 Å². The Balaban J connectivity index is 2.76. The van der Waals surface area contributed by atoms with E-state index in [1.807, 2.05) is 13.0 Å². The second-order valence-corrected chi connectivity index (χ2v) is 5.26. The molecule has 4 heteroatoms. The molecule has 1 unspecified atom stereocenters. The lowest BCUT2D eigenvalue weighted by molar-refractivity contribution is 0.328. The van der Waals surface area contributed by atoms with E-state index in [2.05, 4.69) is 36.3 Å². The minimum absolute atomic E-state index is 0.158. The second-order valence-electron chi connectivity index (χ2n) is 5.26. The third kappa shape index (κ3) is 3.77. The Hall–Kier alpha value is -1.16. The average molecular weight is 222 g/mol. The van der Waals surface area contributed by atoms with Crippen molar-refractivity contribution in [3.8, 4) is 0 Å². The van der Waals surface area contributed by atoms with Gasteiger partial charge in [0, 0.05) is 6.04 Å². The fourth-order valence-corrected chi connectivity index (χ4v) is 1.60.